The van der Waals surface area contributed by atoms with Gasteiger partial charge in [0, 0.05) is 50.6 Å². The van der Waals surface area contributed by atoms with Crippen molar-refractivity contribution in [3.8, 4) is 0 Å². The van der Waals surface area contributed by atoms with Crippen LogP contribution in [0.2, 0.25) is 0 Å². The number of rotatable bonds is 2. The second kappa shape index (κ2) is 8.40. The Kier molecular flexibility index (Phi) is 5.82. The standard InChI is InChI=1S/C25H34N4O2/c1-18-9-10-23(26-15-18)28-12-11-20-7-6-8-22(21(20)17-28)27-13-14-29(19(2)16-27)24(30)31-25(3,4)5/h6-10,15,19H,11-14,16-17H2,1-5H3/t19-/m1/s1. The predicted octanol–water partition coefficient (Wildman–Crippen LogP) is 4.40. The molecule has 0 saturated carbocycles. The molecular weight excluding hydrogens is 388 g/mol. The second-order valence-electron chi connectivity index (χ2n) is 9.75. The van der Waals surface area contributed by atoms with Gasteiger partial charge in [-0.25, -0.2) is 9.78 Å². The number of piperazine rings is 1. The average Bonchev–Trinajstić information content (AvgIpc) is 2.72. The summed E-state index contributed by atoms with van der Waals surface area (Å²) in [5.41, 5.74) is 4.79. The van der Waals surface area contributed by atoms with Crippen LogP contribution in [0.4, 0.5) is 16.3 Å². The first-order valence-corrected chi connectivity index (χ1v) is 11.2. The minimum Gasteiger partial charge on any atom is -0.444 e. The predicted molar refractivity (Wildman–Crippen MR) is 125 cm³/mol. The fourth-order valence-electron chi connectivity index (χ4n) is 4.47. The number of fused-ring (bicyclic) bond motifs is 1. The molecule has 0 radical (unpaired) electrons. The number of anilines is 2. The van der Waals surface area contributed by atoms with Crippen LogP contribution in [0.1, 0.15) is 44.4 Å². The molecule has 0 aliphatic carbocycles. The van der Waals surface area contributed by atoms with E-state index in [1.165, 1.54) is 22.4 Å². The zero-order valence-corrected chi connectivity index (χ0v) is 19.4. The molecule has 1 aromatic heterocycles. The van der Waals surface area contributed by atoms with E-state index in [4.69, 9.17) is 4.74 Å². The van der Waals surface area contributed by atoms with E-state index in [0.29, 0.717) is 6.54 Å². The van der Waals surface area contributed by atoms with Crippen molar-refractivity contribution in [3.05, 3.63) is 53.2 Å². The number of aromatic nitrogens is 1. The van der Waals surface area contributed by atoms with E-state index < -0.39 is 5.60 Å². The monoisotopic (exact) mass is 422 g/mol. The van der Waals surface area contributed by atoms with Crippen molar-refractivity contribution in [2.75, 3.05) is 36.0 Å². The highest BCUT2D eigenvalue weighted by atomic mass is 16.6. The van der Waals surface area contributed by atoms with E-state index in [0.717, 1.165) is 38.4 Å². The van der Waals surface area contributed by atoms with Crippen molar-refractivity contribution in [2.45, 2.75) is 59.2 Å². The van der Waals surface area contributed by atoms with E-state index in [-0.39, 0.29) is 12.1 Å². The minimum atomic E-state index is -0.472. The van der Waals surface area contributed by atoms with Crippen LogP contribution in [0.15, 0.2) is 36.5 Å². The zero-order valence-electron chi connectivity index (χ0n) is 19.4. The maximum atomic E-state index is 12.6. The Labute approximate surface area is 185 Å². The van der Waals surface area contributed by atoms with Gasteiger partial charge in [-0.05, 0) is 69.9 Å². The van der Waals surface area contributed by atoms with E-state index in [2.05, 4.69) is 59.0 Å². The molecular formula is C25H34N4O2. The van der Waals surface area contributed by atoms with Gasteiger partial charge in [-0.1, -0.05) is 18.2 Å². The number of amides is 1. The van der Waals surface area contributed by atoms with Gasteiger partial charge in [0.05, 0.1) is 0 Å². The second-order valence-corrected chi connectivity index (χ2v) is 9.75. The Balaban J connectivity index is 1.51. The molecule has 1 fully saturated rings. The van der Waals surface area contributed by atoms with Gasteiger partial charge in [-0.15, -0.1) is 0 Å². The van der Waals surface area contributed by atoms with E-state index in [1.807, 2.05) is 31.9 Å². The molecule has 1 atom stereocenters. The minimum absolute atomic E-state index is 0.0953. The molecule has 31 heavy (non-hydrogen) atoms. The molecule has 6 heteroatoms. The Hall–Kier alpha value is -2.76. The highest BCUT2D eigenvalue weighted by Crippen LogP contribution is 2.32. The van der Waals surface area contributed by atoms with Gasteiger partial charge in [0.1, 0.15) is 11.4 Å². The number of ether oxygens (including phenoxy) is 1. The number of carbonyl (C=O) groups excluding carboxylic acids is 1. The molecule has 0 unspecified atom stereocenters. The molecule has 2 aliphatic rings. The molecule has 1 aromatic carbocycles. The molecule has 3 heterocycles. The van der Waals surface area contributed by atoms with Crippen LogP contribution in [0.25, 0.3) is 0 Å². The van der Waals surface area contributed by atoms with E-state index in [1.54, 1.807) is 0 Å². The number of pyridine rings is 1. The topological polar surface area (TPSA) is 48.9 Å². The van der Waals surface area contributed by atoms with Crippen LogP contribution in [0.5, 0.6) is 0 Å². The van der Waals surface area contributed by atoms with Gasteiger partial charge < -0.3 is 19.4 Å². The Morgan fingerprint density at radius 2 is 1.90 bits per heavy atom. The fourth-order valence-corrected chi connectivity index (χ4v) is 4.47. The quantitative estimate of drug-likeness (QED) is 0.718. The van der Waals surface area contributed by atoms with Gasteiger partial charge in [0.2, 0.25) is 0 Å². The molecule has 2 aliphatic heterocycles. The van der Waals surface area contributed by atoms with Crippen molar-refractivity contribution in [2.24, 2.45) is 0 Å². The molecule has 4 rings (SSSR count). The van der Waals surface area contributed by atoms with E-state index in [9.17, 15) is 4.79 Å². The summed E-state index contributed by atoms with van der Waals surface area (Å²) in [5.74, 6) is 1.04. The van der Waals surface area contributed by atoms with Crippen LogP contribution >= 0.6 is 0 Å². The molecule has 6 nitrogen and oxygen atoms in total. The Morgan fingerprint density at radius 1 is 1.10 bits per heavy atom. The van der Waals surface area contributed by atoms with Gasteiger partial charge >= 0.3 is 6.09 Å². The highest BCUT2D eigenvalue weighted by Gasteiger charge is 2.32. The Bertz CT molecular complexity index is 936. The first kappa shape index (κ1) is 21.5. The molecule has 166 valence electrons. The highest BCUT2D eigenvalue weighted by molar-refractivity contribution is 5.69. The lowest BCUT2D eigenvalue weighted by Gasteiger charge is -2.42. The van der Waals surface area contributed by atoms with Crippen molar-refractivity contribution < 1.29 is 9.53 Å². The number of benzene rings is 1. The zero-order chi connectivity index (χ0) is 22.2. The van der Waals surface area contributed by atoms with Crippen LogP contribution in [0, 0.1) is 6.92 Å². The molecule has 0 bridgehead atoms. The summed E-state index contributed by atoms with van der Waals surface area (Å²) in [6, 6.07) is 11.0. The lowest BCUT2D eigenvalue weighted by Crippen LogP contribution is -2.55. The van der Waals surface area contributed by atoms with E-state index >= 15 is 0 Å². The Morgan fingerprint density at radius 3 is 2.58 bits per heavy atom. The number of carbonyl (C=O) groups is 1. The van der Waals surface area contributed by atoms with Crippen molar-refractivity contribution in [1.29, 1.82) is 0 Å². The number of nitrogens with zero attached hydrogens (tertiary/aromatic N) is 4. The normalized spacial score (nSPS) is 19.3. The summed E-state index contributed by atoms with van der Waals surface area (Å²) in [7, 11) is 0. The summed E-state index contributed by atoms with van der Waals surface area (Å²) in [5, 5.41) is 0. The van der Waals surface area contributed by atoms with Gasteiger partial charge in [0.15, 0.2) is 0 Å². The summed E-state index contributed by atoms with van der Waals surface area (Å²) in [6.07, 6.45) is 2.74. The third-order valence-electron chi connectivity index (χ3n) is 6.06. The maximum Gasteiger partial charge on any atom is 0.410 e. The third-order valence-corrected chi connectivity index (χ3v) is 6.06. The van der Waals surface area contributed by atoms with Crippen molar-refractivity contribution in [1.82, 2.24) is 9.88 Å². The number of aryl methyl sites for hydroxylation is 1. The van der Waals surface area contributed by atoms with Crippen LogP contribution < -0.4 is 9.80 Å². The van der Waals surface area contributed by atoms with Crippen molar-refractivity contribution in [3.63, 3.8) is 0 Å². The van der Waals surface area contributed by atoms with Gasteiger partial charge in [-0.2, -0.15) is 0 Å². The molecule has 0 spiro atoms. The smallest absolute Gasteiger partial charge is 0.410 e. The SMILES string of the molecule is Cc1ccc(N2CCc3cccc(N4CCN(C(=O)OC(C)(C)C)[C@H](C)C4)c3C2)nc1. The first-order valence-electron chi connectivity index (χ1n) is 11.2. The van der Waals surface area contributed by atoms with Crippen LogP contribution in [0.3, 0.4) is 0 Å². The largest absolute Gasteiger partial charge is 0.444 e. The van der Waals surface area contributed by atoms with Crippen LogP contribution in [-0.2, 0) is 17.7 Å². The number of hydrogen-bond acceptors (Lipinski definition) is 5. The van der Waals surface area contributed by atoms with Crippen LogP contribution in [-0.4, -0.2) is 53.8 Å². The molecule has 0 N–H and O–H groups in total. The summed E-state index contributed by atoms with van der Waals surface area (Å²) in [4.78, 5) is 23.9. The number of hydrogen-bond donors (Lipinski definition) is 0. The van der Waals surface area contributed by atoms with Crippen molar-refractivity contribution >= 4 is 17.6 Å². The molecule has 2 aromatic rings. The maximum absolute atomic E-state index is 12.6. The van der Waals surface area contributed by atoms with Gasteiger partial charge in [-0.3, -0.25) is 0 Å². The average molecular weight is 423 g/mol. The molecule has 1 saturated heterocycles. The summed E-state index contributed by atoms with van der Waals surface area (Å²) in [6.45, 7) is 14.0. The first-order chi connectivity index (χ1) is 14.7. The summed E-state index contributed by atoms with van der Waals surface area (Å²) < 4.78 is 5.61. The molecule has 1 amide bonds. The lowest BCUT2D eigenvalue weighted by molar-refractivity contribution is 0.0159. The lowest BCUT2D eigenvalue weighted by atomic mass is 9.96. The fraction of sp³-hybridized carbons (Fsp3) is 0.520. The van der Waals surface area contributed by atoms with Gasteiger partial charge in [0.25, 0.3) is 0 Å². The third kappa shape index (κ3) is 4.78. The summed E-state index contributed by atoms with van der Waals surface area (Å²) >= 11 is 0.